The minimum Gasteiger partial charge on any atom is -0.352 e. The lowest BCUT2D eigenvalue weighted by Crippen LogP contribution is -2.51. The van der Waals surface area contributed by atoms with E-state index < -0.39 is 27.7 Å². The maximum atomic E-state index is 13.8. The van der Waals surface area contributed by atoms with Gasteiger partial charge in [0.2, 0.25) is 21.8 Å². The Bertz CT molecular complexity index is 1230. The summed E-state index contributed by atoms with van der Waals surface area (Å²) in [7, 11) is -3.81. The van der Waals surface area contributed by atoms with Crippen LogP contribution in [0.25, 0.3) is 0 Å². The Morgan fingerprint density at radius 3 is 2.37 bits per heavy atom. The van der Waals surface area contributed by atoms with Crippen LogP contribution >= 0.6 is 0 Å². The zero-order valence-corrected chi connectivity index (χ0v) is 23.1. The number of nitrogens with one attached hydrogen (secondary N) is 1. The van der Waals surface area contributed by atoms with Crippen LogP contribution in [-0.4, -0.2) is 50.0 Å². The Morgan fingerprint density at radius 1 is 1.08 bits per heavy atom. The molecule has 0 heterocycles. The second kappa shape index (κ2) is 13.2. The topological polar surface area (TPSA) is 86.8 Å². The number of nitrogens with zero attached hydrogens (tertiary/aromatic N) is 2. The fourth-order valence-electron chi connectivity index (χ4n) is 4.90. The molecule has 1 aliphatic carbocycles. The highest BCUT2D eigenvalue weighted by Gasteiger charge is 2.31. The number of aryl methyl sites for hydroxylation is 1. The van der Waals surface area contributed by atoms with E-state index in [-0.39, 0.29) is 49.5 Å². The second-order valence-corrected chi connectivity index (χ2v) is 11.8. The van der Waals surface area contributed by atoms with Gasteiger partial charge in [-0.05, 0) is 55.9 Å². The van der Waals surface area contributed by atoms with E-state index in [9.17, 15) is 26.8 Å². The summed E-state index contributed by atoms with van der Waals surface area (Å²) in [4.78, 5) is 28.4. The molecule has 1 fully saturated rings. The summed E-state index contributed by atoms with van der Waals surface area (Å²) in [5.74, 6) is -2.69. The standard InChI is InChI=1S/C28H37F2N3O4S/c1-4-26(28(35)31-22-12-7-8-13-22)32(19-21-11-6-5-10-20(21)2)27(34)14-9-17-33(38(3,36)37)23-15-16-24(29)25(30)18-23/h5-6,10-11,15-16,18,22,26H,4,7-9,12-14,17,19H2,1-3H3,(H,31,35). The summed E-state index contributed by atoms with van der Waals surface area (Å²) < 4.78 is 52.9. The van der Waals surface area contributed by atoms with Crippen LogP contribution in [-0.2, 0) is 26.2 Å². The highest BCUT2D eigenvalue weighted by molar-refractivity contribution is 7.92. The summed E-state index contributed by atoms with van der Waals surface area (Å²) in [6.07, 6.45) is 5.52. The highest BCUT2D eigenvalue weighted by atomic mass is 32.2. The van der Waals surface area contributed by atoms with E-state index in [1.165, 1.54) is 6.07 Å². The summed E-state index contributed by atoms with van der Waals surface area (Å²) in [5.41, 5.74) is 1.91. The molecule has 0 bridgehead atoms. The van der Waals surface area contributed by atoms with Crippen molar-refractivity contribution in [2.24, 2.45) is 0 Å². The van der Waals surface area contributed by atoms with Gasteiger partial charge in [0.05, 0.1) is 11.9 Å². The molecule has 0 spiro atoms. The highest BCUT2D eigenvalue weighted by Crippen LogP contribution is 2.23. The van der Waals surface area contributed by atoms with Crippen LogP contribution in [0.4, 0.5) is 14.5 Å². The van der Waals surface area contributed by atoms with E-state index in [1.807, 2.05) is 38.1 Å². The van der Waals surface area contributed by atoms with Crippen LogP contribution in [0.5, 0.6) is 0 Å². The predicted molar refractivity (Wildman–Crippen MR) is 144 cm³/mol. The molecule has 1 unspecified atom stereocenters. The van der Waals surface area contributed by atoms with Crippen molar-refractivity contribution >= 4 is 27.5 Å². The van der Waals surface area contributed by atoms with Crippen LogP contribution in [0.15, 0.2) is 42.5 Å². The average molecular weight is 550 g/mol. The normalized spacial score (nSPS) is 14.8. The van der Waals surface area contributed by atoms with E-state index in [1.54, 1.807) is 4.90 Å². The number of halogens is 2. The number of hydrogen-bond donors (Lipinski definition) is 1. The molecule has 1 atom stereocenters. The van der Waals surface area contributed by atoms with E-state index in [2.05, 4.69) is 5.32 Å². The lowest BCUT2D eigenvalue weighted by molar-refractivity contribution is -0.141. The fraction of sp³-hybridized carbons (Fsp3) is 0.500. The summed E-state index contributed by atoms with van der Waals surface area (Å²) in [6.45, 7) is 3.97. The van der Waals surface area contributed by atoms with Gasteiger partial charge in [-0.25, -0.2) is 17.2 Å². The Morgan fingerprint density at radius 2 is 1.76 bits per heavy atom. The van der Waals surface area contributed by atoms with Crippen molar-refractivity contribution in [1.29, 1.82) is 0 Å². The number of rotatable bonds is 12. The van der Waals surface area contributed by atoms with Crippen LogP contribution in [0.3, 0.4) is 0 Å². The maximum absolute atomic E-state index is 13.8. The van der Waals surface area contributed by atoms with Crippen LogP contribution < -0.4 is 9.62 Å². The van der Waals surface area contributed by atoms with Crippen molar-refractivity contribution in [1.82, 2.24) is 10.2 Å². The van der Waals surface area contributed by atoms with Gasteiger partial charge >= 0.3 is 0 Å². The third-order valence-electron chi connectivity index (χ3n) is 7.03. The van der Waals surface area contributed by atoms with Crippen molar-refractivity contribution in [2.45, 2.75) is 77.4 Å². The van der Waals surface area contributed by atoms with Gasteiger partial charge in [0.1, 0.15) is 6.04 Å². The van der Waals surface area contributed by atoms with Gasteiger partial charge in [-0.1, -0.05) is 44.0 Å². The number of sulfonamides is 1. The molecular formula is C28H37F2N3O4S. The first-order chi connectivity index (χ1) is 18.0. The number of amides is 2. The summed E-state index contributed by atoms with van der Waals surface area (Å²) in [6, 6.07) is 9.99. The molecule has 1 saturated carbocycles. The monoisotopic (exact) mass is 549 g/mol. The smallest absolute Gasteiger partial charge is 0.243 e. The third-order valence-corrected chi connectivity index (χ3v) is 8.23. The van der Waals surface area contributed by atoms with Crippen molar-refractivity contribution < 1.29 is 26.8 Å². The van der Waals surface area contributed by atoms with Gasteiger partial charge in [-0.2, -0.15) is 0 Å². The average Bonchev–Trinajstić information content (AvgIpc) is 3.37. The van der Waals surface area contributed by atoms with Crippen LogP contribution in [0.1, 0.15) is 63.0 Å². The zero-order chi connectivity index (χ0) is 27.9. The number of benzene rings is 2. The number of hydrogen-bond acceptors (Lipinski definition) is 4. The number of carbonyl (C=O) groups excluding carboxylic acids is 2. The molecular weight excluding hydrogens is 512 g/mol. The van der Waals surface area contributed by atoms with Gasteiger partial charge in [-0.15, -0.1) is 0 Å². The van der Waals surface area contributed by atoms with E-state index in [0.717, 1.165) is 59.5 Å². The molecule has 0 radical (unpaired) electrons. The minimum absolute atomic E-state index is 0.0157. The van der Waals surface area contributed by atoms with Crippen molar-refractivity contribution in [3.8, 4) is 0 Å². The molecule has 3 rings (SSSR count). The van der Waals surface area contributed by atoms with E-state index in [4.69, 9.17) is 0 Å². The molecule has 2 aromatic rings. The van der Waals surface area contributed by atoms with Gasteiger partial charge in [0.25, 0.3) is 0 Å². The molecule has 2 aromatic carbocycles. The summed E-state index contributed by atoms with van der Waals surface area (Å²) in [5, 5.41) is 3.10. The van der Waals surface area contributed by atoms with Gasteiger partial charge < -0.3 is 10.2 Å². The van der Waals surface area contributed by atoms with Crippen LogP contribution in [0.2, 0.25) is 0 Å². The first-order valence-corrected chi connectivity index (χ1v) is 14.9. The molecule has 208 valence electrons. The SMILES string of the molecule is CCC(C(=O)NC1CCCC1)N(Cc1ccccc1C)C(=O)CCCN(c1ccc(F)c(F)c1)S(C)(=O)=O. The second-order valence-electron chi connectivity index (χ2n) is 9.90. The molecule has 10 heteroatoms. The Labute approximate surface area is 224 Å². The lowest BCUT2D eigenvalue weighted by Gasteiger charge is -2.32. The third kappa shape index (κ3) is 7.75. The first kappa shape index (κ1) is 29.5. The first-order valence-electron chi connectivity index (χ1n) is 13.1. The maximum Gasteiger partial charge on any atom is 0.243 e. The molecule has 1 aliphatic rings. The molecule has 38 heavy (non-hydrogen) atoms. The predicted octanol–water partition coefficient (Wildman–Crippen LogP) is 4.69. The minimum atomic E-state index is -3.81. The molecule has 0 saturated heterocycles. The van der Waals surface area contributed by atoms with Gasteiger partial charge in [0, 0.05) is 31.6 Å². The fourth-order valence-corrected chi connectivity index (χ4v) is 5.86. The molecule has 0 aromatic heterocycles. The molecule has 0 aliphatic heterocycles. The van der Waals surface area contributed by atoms with Crippen molar-refractivity contribution in [3.05, 3.63) is 65.2 Å². The molecule has 1 N–H and O–H groups in total. The number of anilines is 1. The largest absolute Gasteiger partial charge is 0.352 e. The van der Waals surface area contributed by atoms with Crippen molar-refractivity contribution in [3.63, 3.8) is 0 Å². The molecule has 2 amide bonds. The zero-order valence-electron chi connectivity index (χ0n) is 22.3. The van der Waals surface area contributed by atoms with Crippen molar-refractivity contribution in [2.75, 3.05) is 17.1 Å². The van der Waals surface area contributed by atoms with Gasteiger partial charge in [-0.3, -0.25) is 13.9 Å². The quantitative estimate of drug-likeness (QED) is 0.416. The summed E-state index contributed by atoms with van der Waals surface area (Å²) >= 11 is 0. The van der Waals surface area contributed by atoms with E-state index in [0.29, 0.717) is 6.42 Å². The lowest BCUT2D eigenvalue weighted by atomic mass is 10.0. The Kier molecular flexibility index (Phi) is 10.2. The van der Waals surface area contributed by atoms with Gasteiger partial charge in [0.15, 0.2) is 11.6 Å². The van der Waals surface area contributed by atoms with Crippen LogP contribution in [0, 0.1) is 18.6 Å². The Hall–Kier alpha value is -3.01. The number of carbonyl (C=O) groups is 2. The Balaban J connectivity index is 1.77. The molecule has 7 nitrogen and oxygen atoms in total. The van der Waals surface area contributed by atoms with E-state index >= 15 is 0 Å².